The molecule has 7 nitrogen and oxygen atoms in total. The summed E-state index contributed by atoms with van der Waals surface area (Å²) < 4.78 is 38.0. The summed E-state index contributed by atoms with van der Waals surface area (Å²) in [7, 11) is -2.89. The molecule has 144 valence electrons. The summed E-state index contributed by atoms with van der Waals surface area (Å²) in [5.74, 6) is -1.27. The van der Waals surface area contributed by atoms with Gasteiger partial charge in [-0.2, -0.15) is 0 Å². The highest BCUT2D eigenvalue weighted by molar-refractivity contribution is 9.10. The van der Waals surface area contributed by atoms with Gasteiger partial charge >= 0.3 is 11.9 Å². The van der Waals surface area contributed by atoms with Crippen LogP contribution in [0.3, 0.4) is 0 Å². The van der Waals surface area contributed by atoms with Crippen molar-refractivity contribution < 1.29 is 27.5 Å². The lowest BCUT2D eigenvalue weighted by atomic mass is 10.2. The highest BCUT2D eigenvalue weighted by atomic mass is 79.9. The summed E-state index contributed by atoms with van der Waals surface area (Å²) in [6.45, 7) is 3.47. The molecule has 1 N–H and O–H groups in total. The molecule has 2 rings (SSSR count). The van der Waals surface area contributed by atoms with Gasteiger partial charge in [0.05, 0.1) is 24.3 Å². The molecule has 0 unspecified atom stereocenters. The largest absolute Gasteiger partial charge is 0.465 e. The minimum Gasteiger partial charge on any atom is -0.465 e. The van der Waals surface area contributed by atoms with Gasteiger partial charge in [0.15, 0.2) is 0 Å². The van der Waals surface area contributed by atoms with Gasteiger partial charge in [0, 0.05) is 10.2 Å². The lowest BCUT2D eigenvalue weighted by Crippen LogP contribution is -2.18. The van der Waals surface area contributed by atoms with E-state index in [9.17, 15) is 18.0 Å². The molecule has 0 bridgehead atoms. The van der Waals surface area contributed by atoms with Crippen LogP contribution in [-0.2, 0) is 19.5 Å². The van der Waals surface area contributed by atoms with E-state index in [1.807, 2.05) is 0 Å². The Bertz CT molecular complexity index is 954. The molecule has 2 aromatic carbocycles. The number of esters is 2. The van der Waals surface area contributed by atoms with Crippen molar-refractivity contribution in [2.45, 2.75) is 24.8 Å². The van der Waals surface area contributed by atoms with E-state index in [4.69, 9.17) is 4.74 Å². The first-order valence-corrected chi connectivity index (χ1v) is 10.1. The van der Waals surface area contributed by atoms with Gasteiger partial charge in [-0.25, -0.2) is 18.0 Å². The monoisotopic (exact) mass is 455 g/mol. The number of rotatable bonds is 6. The number of benzene rings is 2. The second-order valence-electron chi connectivity index (χ2n) is 5.77. The maximum Gasteiger partial charge on any atom is 0.339 e. The smallest absolute Gasteiger partial charge is 0.339 e. The summed E-state index contributed by atoms with van der Waals surface area (Å²) in [4.78, 5) is 23.5. The predicted molar refractivity (Wildman–Crippen MR) is 103 cm³/mol. The number of carbonyl (C=O) groups excluding carboxylic acids is 2. The van der Waals surface area contributed by atoms with Crippen LogP contribution in [0, 0.1) is 0 Å². The summed E-state index contributed by atoms with van der Waals surface area (Å²) in [6, 6.07) is 9.94. The van der Waals surface area contributed by atoms with Crippen LogP contribution < -0.4 is 4.72 Å². The molecule has 2 aromatic rings. The van der Waals surface area contributed by atoms with Crippen LogP contribution in [0.5, 0.6) is 0 Å². The van der Waals surface area contributed by atoms with Gasteiger partial charge in [-0.05, 0) is 56.3 Å². The highest BCUT2D eigenvalue weighted by Gasteiger charge is 2.23. The third kappa shape index (κ3) is 5.30. The maximum atomic E-state index is 12.7. The van der Waals surface area contributed by atoms with E-state index in [1.54, 1.807) is 13.8 Å². The lowest BCUT2D eigenvalue weighted by molar-refractivity contribution is 0.0377. The first-order chi connectivity index (χ1) is 12.6. The molecule has 0 saturated carbocycles. The van der Waals surface area contributed by atoms with Crippen LogP contribution in [0.1, 0.15) is 34.6 Å². The normalized spacial score (nSPS) is 11.1. The lowest BCUT2D eigenvalue weighted by Gasteiger charge is -2.12. The minimum atomic E-state index is -4.06. The predicted octanol–water partition coefficient (Wildman–Crippen LogP) is 3.60. The molecule has 0 amide bonds. The van der Waals surface area contributed by atoms with Crippen molar-refractivity contribution in [3.63, 3.8) is 0 Å². The van der Waals surface area contributed by atoms with E-state index in [2.05, 4.69) is 25.4 Å². The Morgan fingerprint density at radius 1 is 1.04 bits per heavy atom. The number of anilines is 1. The molecule has 9 heteroatoms. The molecule has 27 heavy (non-hydrogen) atoms. The Morgan fingerprint density at radius 2 is 1.67 bits per heavy atom. The van der Waals surface area contributed by atoms with Crippen LogP contribution in [0.4, 0.5) is 5.69 Å². The van der Waals surface area contributed by atoms with Crippen molar-refractivity contribution in [3.05, 3.63) is 58.1 Å². The third-order valence-electron chi connectivity index (χ3n) is 3.35. The summed E-state index contributed by atoms with van der Waals surface area (Å²) >= 11 is 3.20. The number of methoxy groups -OCH3 is 1. The van der Waals surface area contributed by atoms with E-state index in [1.165, 1.54) is 49.6 Å². The van der Waals surface area contributed by atoms with E-state index < -0.39 is 22.0 Å². The number of hydrogen-bond donors (Lipinski definition) is 1. The van der Waals surface area contributed by atoms with Gasteiger partial charge < -0.3 is 9.47 Å². The van der Waals surface area contributed by atoms with Crippen molar-refractivity contribution in [3.8, 4) is 0 Å². The van der Waals surface area contributed by atoms with Crippen LogP contribution in [0.2, 0.25) is 0 Å². The van der Waals surface area contributed by atoms with Gasteiger partial charge in [-0.1, -0.05) is 15.9 Å². The number of sulfonamides is 1. The average molecular weight is 456 g/mol. The zero-order valence-electron chi connectivity index (χ0n) is 14.9. The standard InChI is InChI=1S/C18H18BrNO6S/c1-11(2)26-17(21)12-4-7-14(8-5-12)20-27(23,24)16-9-6-13(19)10-15(16)18(22)25-3/h4-11,20H,1-3H3. The minimum absolute atomic E-state index is 0.100. The molecule has 0 fully saturated rings. The molecule has 0 aromatic heterocycles. The quantitative estimate of drug-likeness (QED) is 0.667. The van der Waals surface area contributed by atoms with E-state index >= 15 is 0 Å². The van der Waals surface area contributed by atoms with Gasteiger partial charge in [0.1, 0.15) is 4.90 Å². The zero-order valence-corrected chi connectivity index (χ0v) is 17.3. The molecule has 0 saturated heterocycles. The fourth-order valence-corrected chi connectivity index (χ4v) is 3.77. The first kappa shape index (κ1) is 20.9. The van der Waals surface area contributed by atoms with Crippen LogP contribution in [-0.4, -0.2) is 33.6 Å². The zero-order chi connectivity index (χ0) is 20.2. The van der Waals surface area contributed by atoms with Crippen molar-refractivity contribution in [1.82, 2.24) is 0 Å². The first-order valence-electron chi connectivity index (χ1n) is 7.86. The van der Waals surface area contributed by atoms with Crippen LogP contribution in [0.25, 0.3) is 0 Å². The highest BCUT2D eigenvalue weighted by Crippen LogP contribution is 2.24. The topological polar surface area (TPSA) is 98.8 Å². The van der Waals surface area contributed by atoms with E-state index in [0.717, 1.165) is 0 Å². The van der Waals surface area contributed by atoms with Crippen molar-refractivity contribution in [1.29, 1.82) is 0 Å². The SMILES string of the molecule is COC(=O)c1cc(Br)ccc1S(=O)(=O)Nc1ccc(C(=O)OC(C)C)cc1. The van der Waals surface area contributed by atoms with Crippen LogP contribution >= 0.6 is 15.9 Å². The molecule has 0 radical (unpaired) electrons. The number of halogens is 1. The molecule has 0 spiro atoms. The van der Waals surface area contributed by atoms with Crippen LogP contribution in [0.15, 0.2) is 51.8 Å². The van der Waals surface area contributed by atoms with Crippen molar-refractivity contribution >= 4 is 43.6 Å². The van der Waals surface area contributed by atoms with Gasteiger partial charge in [0.2, 0.25) is 0 Å². The van der Waals surface area contributed by atoms with Gasteiger partial charge in [0.25, 0.3) is 10.0 Å². The summed E-state index contributed by atoms with van der Waals surface area (Å²) in [6.07, 6.45) is -0.259. The number of ether oxygens (including phenoxy) is 2. The number of carbonyl (C=O) groups is 2. The van der Waals surface area contributed by atoms with Gasteiger partial charge in [-0.15, -0.1) is 0 Å². The van der Waals surface area contributed by atoms with E-state index in [-0.39, 0.29) is 22.3 Å². The molecule has 0 atom stereocenters. The average Bonchev–Trinajstić information content (AvgIpc) is 2.60. The summed E-state index contributed by atoms with van der Waals surface area (Å²) in [5, 5.41) is 0. The number of hydrogen-bond acceptors (Lipinski definition) is 6. The maximum absolute atomic E-state index is 12.7. The number of nitrogens with one attached hydrogen (secondary N) is 1. The molecule has 0 aliphatic rings. The Morgan fingerprint density at radius 3 is 2.22 bits per heavy atom. The second kappa shape index (κ2) is 8.53. The summed E-state index contributed by atoms with van der Waals surface area (Å²) in [5.41, 5.74) is 0.428. The van der Waals surface area contributed by atoms with Crippen molar-refractivity contribution in [2.24, 2.45) is 0 Å². The third-order valence-corrected chi connectivity index (χ3v) is 5.28. The fourth-order valence-electron chi connectivity index (χ4n) is 2.17. The Balaban J connectivity index is 2.29. The Kier molecular flexibility index (Phi) is 6.61. The molecule has 0 aliphatic carbocycles. The fraction of sp³-hybridized carbons (Fsp3) is 0.222. The van der Waals surface area contributed by atoms with Gasteiger partial charge in [-0.3, -0.25) is 4.72 Å². The molecule has 0 aliphatic heterocycles. The Hall–Kier alpha value is -2.39. The Labute approximate surface area is 165 Å². The molecule has 0 heterocycles. The molecular weight excluding hydrogens is 438 g/mol. The van der Waals surface area contributed by atoms with Crippen molar-refractivity contribution in [2.75, 3.05) is 11.8 Å². The molecular formula is C18H18BrNO6S. The second-order valence-corrected chi connectivity index (χ2v) is 8.34. The van der Waals surface area contributed by atoms with E-state index in [0.29, 0.717) is 10.0 Å².